The van der Waals surface area contributed by atoms with Gasteiger partial charge in [-0.15, -0.1) is 0 Å². The van der Waals surface area contributed by atoms with Crippen LogP contribution in [0.15, 0.2) is 103 Å². The zero-order valence-electron chi connectivity index (χ0n) is 17.1. The van der Waals surface area contributed by atoms with Gasteiger partial charge in [0, 0.05) is 16.3 Å². The van der Waals surface area contributed by atoms with E-state index in [4.69, 9.17) is 9.72 Å². The van der Waals surface area contributed by atoms with Crippen LogP contribution in [0.1, 0.15) is 5.56 Å². The number of benzene rings is 4. The topological polar surface area (TPSA) is 26.5 Å². The van der Waals surface area contributed by atoms with E-state index in [0.29, 0.717) is 0 Å². The second-order valence-electron chi connectivity index (χ2n) is 7.82. The molecular weight excluding hydrogens is 380 g/mol. The third kappa shape index (κ3) is 3.03. The molecule has 3 nitrogen and oxygen atoms in total. The molecule has 0 N–H and O–H groups in total. The summed E-state index contributed by atoms with van der Waals surface area (Å²) in [4.78, 5) is 5.04. The van der Waals surface area contributed by atoms with Gasteiger partial charge in [-0.05, 0) is 61.5 Å². The molecule has 2 heterocycles. The second-order valence-corrected chi connectivity index (χ2v) is 7.82. The highest BCUT2D eigenvalue weighted by Gasteiger charge is 2.13. The van der Waals surface area contributed by atoms with E-state index in [1.807, 2.05) is 30.3 Å². The average Bonchev–Trinajstić information content (AvgIpc) is 3.21. The van der Waals surface area contributed by atoms with Gasteiger partial charge in [0.25, 0.3) is 0 Å². The number of hydrogen-bond acceptors (Lipinski definition) is 2. The molecule has 6 aromatic rings. The van der Waals surface area contributed by atoms with E-state index in [2.05, 4.69) is 84.1 Å². The highest BCUT2D eigenvalue weighted by molar-refractivity contribution is 6.02. The first-order chi connectivity index (χ1) is 15.3. The van der Waals surface area contributed by atoms with Crippen LogP contribution in [-0.2, 0) is 0 Å². The van der Waals surface area contributed by atoms with E-state index in [1.54, 1.807) is 0 Å². The number of nitrogens with zero attached hydrogens (tertiary/aromatic N) is 2. The van der Waals surface area contributed by atoms with Crippen molar-refractivity contribution in [2.45, 2.75) is 6.92 Å². The lowest BCUT2D eigenvalue weighted by Gasteiger charge is -2.11. The molecule has 2 aromatic heterocycles. The van der Waals surface area contributed by atoms with Gasteiger partial charge in [-0.3, -0.25) is 4.40 Å². The van der Waals surface area contributed by atoms with Crippen LogP contribution in [0.4, 0.5) is 0 Å². The summed E-state index contributed by atoms with van der Waals surface area (Å²) in [7, 11) is 0. The molecule has 31 heavy (non-hydrogen) atoms. The second kappa shape index (κ2) is 6.99. The predicted molar refractivity (Wildman–Crippen MR) is 127 cm³/mol. The number of aryl methyl sites for hydroxylation is 1. The standard InChI is InChI=1S/C28H20N2O/c1-19-10-14-22(15-11-19)31-23-16-12-20(13-17-23)28-29-25-8-4-3-7-24(25)27-18-21-6-2-5-9-26(21)30(27)28/h2-18H,1H3. The molecule has 148 valence electrons. The number of fused-ring (bicyclic) bond motifs is 5. The number of aromatic nitrogens is 2. The van der Waals surface area contributed by atoms with Crippen LogP contribution >= 0.6 is 0 Å². The van der Waals surface area contributed by atoms with Crippen molar-refractivity contribution in [3.05, 3.63) is 109 Å². The maximum Gasteiger partial charge on any atom is 0.145 e. The van der Waals surface area contributed by atoms with Crippen molar-refractivity contribution >= 4 is 27.3 Å². The summed E-state index contributed by atoms with van der Waals surface area (Å²) < 4.78 is 8.27. The quantitative estimate of drug-likeness (QED) is 0.309. The zero-order valence-corrected chi connectivity index (χ0v) is 17.1. The molecule has 0 saturated heterocycles. The summed E-state index contributed by atoms with van der Waals surface area (Å²) in [5.41, 5.74) is 5.58. The third-order valence-electron chi connectivity index (χ3n) is 5.70. The molecule has 0 aliphatic rings. The SMILES string of the molecule is Cc1ccc(Oc2ccc(-c3nc4ccccc4c4cc5ccccc5n34)cc2)cc1. The Balaban J connectivity index is 1.51. The molecule has 0 saturated carbocycles. The summed E-state index contributed by atoms with van der Waals surface area (Å²) in [6.45, 7) is 2.07. The number of para-hydroxylation sites is 2. The maximum absolute atomic E-state index is 6.01. The Morgan fingerprint density at radius 3 is 2.16 bits per heavy atom. The highest BCUT2D eigenvalue weighted by Crippen LogP contribution is 2.32. The first-order valence-electron chi connectivity index (χ1n) is 10.4. The lowest BCUT2D eigenvalue weighted by molar-refractivity contribution is 0.482. The molecule has 0 spiro atoms. The van der Waals surface area contributed by atoms with Gasteiger partial charge >= 0.3 is 0 Å². The van der Waals surface area contributed by atoms with Gasteiger partial charge in [0.15, 0.2) is 0 Å². The third-order valence-corrected chi connectivity index (χ3v) is 5.70. The Bertz CT molecular complexity index is 1540. The molecule has 0 fully saturated rings. The van der Waals surface area contributed by atoms with Crippen LogP contribution in [0.25, 0.3) is 38.7 Å². The minimum atomic E-state index is 0.807. The first kappa shape index (κ1) is 17.7. The number of ether oxygens (including phenoxy) is 1. The van der Waals surface area contributed by atoms with Crippen LogP contribution in [0.5, 0.6) is 11.5 Å². The van der Waals surface area contributed by atoms with Gasteiger partial charge in [-0.25, -0.2) is 4.98 Å². The van der Waals surface area contributed by atoms with Crippen LogP contribution in [0.3, 0.4) is 0 Å². The molecular formula is C28H20N2O. The minimum Gasteiger partial charge on any atom is -0.457 e. The van der Waals surface area contributed by atoms with E-state index in [0.717, 1.165) is 39.3 Å². The van der Waals surface area contributed by atoms with Gasteiger partial charge in [0.2, 0.25) is 0 Å². The Labute approximate surface area is 180 Å². The van der Waals surface area contributed by atoms with E-state index in [-0.39, 0.29) is 0 Å². The molecule has 0 aliphatic carbocycles. The molecule has 0 aliphatic heterocycles. The van der Waals surface area contributed by atoms with E-state index >= 15 is 0 Å². The normalized spacial score (nSPS) is 11.4. The van der Waals surface area contributed by atoms with Crippen molar-refractivity contribution in [1.82, 2.24) is 9.38 Å². The van der Waals surface area contributed by atoms with Crippen molar-refractivity contribution in [3.8, 4) is 22.9 Å². The molecule has 0 bridgehead atoms. The van der Waals surface area contributed by atoms with E-state index in [1.165, 1.54) is 16.5 Å². The zero-order chi connectivity index (χ0) is 20.8. The minimum absolute atomic E-state index is 0.807. The predicted octanol–water partition coefficient (Wildman–Crippen LogP) is 7.41. The summed E-state index contributed by atoms with van der Waals surface area (Å²) in [5.74, 6) is 2.57. The summed E-state index contributed by atoms with van der Waals surface area (Å²) in [5, 5.41) is 2.36. The summed E-state index contributed by atoms with van der Waals surface area (Å²) in [6, 6.07) is 35.3. The smallest absolute Gasteiger partial charge is 0.145 e. The first-order valence-corrected chi connectivity index (χ1v) is 10.4. The molecule has 3 heteroatoms. The molecule has 0 atom stereocenters. The molecule has 6 rings (SSSR count). The van der Waals surface area contributed by atoms with Crippen molar-refractivity contribution in [1.29, 1.82) is 0 Å². The van der Waals surface area contributed by atoms with E-state index in [9.17, 15) is 0 Å². The maximum atomic E-state index is 6.01. The number of rotatable bonds is 3. The van der Waals surface area contributed by atoms with Crippen molar-refractivity contribution in [3.63, 3.8) is 0 Å². The largest absolute Gasteiger partial charge is 0.457 e. The van der Waals surface area contributed by atoms with Gasteiger partial charge in [-0.2, -0.15) is 0 Å². The lowest BCUT2D eigenvalue weighted by Crippen LogP contribution is -1.97. The van der Waals surface area contributed by atoms with Crippen LogP contribution in [-0.4, -0.2) is 9.38 Å². The fourth-order valence-corrected chi connectivity index (χ4v) is 4.14. The molecule has 0 radical (unpaired) electrons. The average molecular weight is 400 g/mol. The van der Waals surface area contributed by atoms with Crippen LogP contribution in [0, 0.1) is 6.92 Å². The Morgan fingerprint density at radius 2 is 1.35 bits per heavy atom. The monoisotopic (exact) mass is 400 g/mol. The van der Waals surface area contributed by atoms with Crippen molar-refractivity contribution in [2.75, 3.05) is 0 Å². The van der Waals surface area contributed by atoms with E-state index < -0.39 is 0 Å². The number of hydrogen-bond donors (Lipinski definition) is 0. The Kier molecular flexibility index (Phi) is 4.00. The van der Waals surface area contributed by atoms with Gasteiger partial charge in [0.05, 0.1) is 16.6 Å². The molecule has 4 aromatic carbocycles. The van der Waals surface area contributed by atoms with Gasteiger partial charge in [-0.1, -0.05) is 54.1 Å². The van der Waals surface area contributed by atoms with Crippen LogP contribution in [0.2, 0.25) is 0 Å². The lowest BCUT2D eigenvalue weighted by atomic mass is 10.1. The molecule has 0 amide bonds. The van der Waals surface area contributed by atoms with Crippen LogP contribution < -0.4 is 4.74 Å². The summed E-state index contributed by atoms with van der Waals surface area (Å²) >= 11 is 0. The summed E-state index contributed by atoms with van der Waals surface area (Å²) in [6.07, 6.45) is 0. The fourth-order valence-electron chi connectivity index (χ4n) is 4.14. The van der Waals surface area contributed by atoms with Crippen molar-refractivity contribution < 1.29 is 4.74 Å². The van der Waals surface area contributed by atoms with Gasteiger partial charge in [0.1, 0.15) is 17.3 Å². The highest BCUT2D eigenvalue weighted by atomic mass is 16.5. The van der Waals surface area contributed by atoms with Gasteiger partial charge < -0.3 is 4.74 Å². The molecule has 0 unspecified atom stereocenters. The Hall–Kier alpha value is -4.11. The fraction of sp³-hybridized carbons (Fsp3) is 0.0357. The Morgan fingerprint density at radius 1 is 0.677 bits per heavy atom. The van der Waals surface area contributed by atoms with Crippen molar-refractivity contribution in [2.24, 2.45) is 0 Å².